The van der Waals surface area contributed by atoms with Crippen molar-refractivity contribution in [2.24, 2.45) is 17.8 Å². The molecule has 2 aliphatic rings. The standard InChI is InChI=1S/C37H39F3/c1-3-5-6-7-31-20-23-34(37(40)36(31)39)30-18-14-28(15-19-30)32-21-22-33(35(38)24-32)29-16-12-27(13-17-29)26-10-8-25(4-2)9-11-26/h3-5,14-16,18-27H,2,6-13,17H2,1H3/b5-3+. The van der Waals surface area contributed by atoms with Crippen molar-refractivity contribution in [1.29, 1.82) is 0 Å². The summed E-state index contributed by atoms with van der Waals surface area (Å²) in [5, 5.41) is 0. The molecule has 3 aromatic carbocycles. The predicted octanol–water partition coefficient (Wildman–Crippen LogP) is 11.1. The molecule has 5 rings (SSSR count). The van der Waals surface area contributed by atoms with E-state index in [9.17, 15) is 8.78 Å². The van der Waals surface area contributed by atoms with Gasteiger partial charge in [-0.3, -0.25) is 0 Å². The van der Waals surface area contributed by atoms with E-state index in [4.69, 9.17) is 0 Å². The lowest BCUT2D eigenvalue weighted by Crippen LogP contribution is -2.22. The Hall–Kier alpha value is -3.33. The van der Waals surface area contributed by atoms with Crippen LogP contribution < -0.4 is 0 Å². The minimum atomic E-state index is -0.825. The first kappa shape index (κ1) is 28.2. The van der Waals surface area contributed by atoms with Crippen LogP contribution in [0.2, 0.25) is 0 Å². The minimum absolute atomic E-state index is 0.209. The smallest absolute Gasteiger partial charge is 0.166 e. The molecule has 0 spiro atoms. The van der Waals surface area contributed by atoms with Crippen molar-refractivity contribution in [3.63, 3.8) is 0 Å². The zero-order valence-electron chi connectivity index (χ0n) is 23.4. The normalized spacial score (nSPS) is 21.4. The van der Waals surface area contributed by atoms with Gasteiger partial charge in [0, 0.05) is 11.1 Å². The molecule has 1 atom stereocenters. The summed E-state index contributed by atoms with van der Waals surface area (Å²) < 4.78 is 44.8. The van der Waals surface area contributed by atoms with Crippen LogP contribution in [0.1, 0.15) is 69.4 Å². The second kappa shape index (κ2) is 12.9. The van der Waals surface area contributed by atoms with Gasteiger partial charge in [0.15, 0.2) is 11.6 Å². The molecule has 40 heavy (non-hydrogen) atoms. The van der Waals surface area contributed by atoms with E-state index in [1.54, 1.807) is 30.3 Å². The van der Waals surface area contributed by atoms with Crippen molar-refractivity contribution in [2.45, 2.75) is 64.7 Å². The Morgan fingerprint density at radius 2 is 1.48 bits per heavy atom. The third-order valence-corrected chi connectivity index (χ3v) is 9.09. The van der Waals surface area contributed by atoms with Crippen LogP contribution in [0.5, 0.6) is 0 Å². The van der Waals surface area contributed by atoms with Crippen LogP contribution in [0.4, 0.5) is 13.2 Å². The highest BCUT2D eigenvalue weighted by Gasteiger charge is 2.28. The molecule has 3 heteroatoms. The SMILES string of the molecule is C=CC1CCC(C2CC=C(c3ccc(-c4ccc(-c5ccc(CC/C=C/C)c(F)c5F)cc4)cc3F)CC2)CC1. The van der Waals surface area contributed by atoms with Gasteiger partial charge < -0.3 is 0 Å². The third-order valence-electron chi connectivity index (χ3n) is 9.09. The van der Waals surface area contributed by atoms with E-state index in [0.29, 0.717) is 41.4 Å². The molecule has 1 unspecified atom stereocenters. The van der Waals surface area contributed by atoms with E-state index < -0.39 is 11.6 Å². The maximum Gasteiger partial charge on any atom is 0.166 e. The van der Waals surface area contributed by atoms with E-state index in [1.165, 1.54) is 25.7 Å². The van der Waals surface area contributed by atoms with Crippen LogP contribution in [-0.4, -0.2) is 0 Å². The average Bonchev–Trinajstić information content (AvgIpc) is 3.00. The van der Waals surface area contributed by atoms with E-state index in [2.05, 4.69) is 18.7 Å². The molecule has 0 radical (unpaired) electrons. The molecule has 1 saturated carbocycles. The number of aryl methyl sites for hydroxylation is 1. The molecule has 0 saturated heterocycles. The zero-order valence-corrected chi connectivity index (χ0v) is 23.4. The van der Waals surface area contributed by atoms with E-state index in [1.807, 2.05) is 43.3 Å². The first-order valence-electron chi connectivity index (χ1n) is 14.8. The summed E-state index contributed by atoms with van der Waals surface area (Å²) in [5.41, 5.74) is 4.63. The van der Waals surface area contributed by atoms with Crippen LogP contribution >= 0.6 is 0 Å². The lowest BCUT2D eigenvalue weighted by Gasteiger charge is -2.34. The van der Waals surface area contributed by atoms with Crippen molar-refractivity contribution < 1.29 is 13.2 Å². The van der Waals surface area contributed by atoms with Crippen LogP contribution in [0, 0.1) is 35.2 Å². The summed E-state index contributed by atoms with van der Waals surface area (Å²) in [6.07, 6.45) is 17.5. The largest absolute Gasteiger partial charge is 0.206 e. The quantitative estimate of drug-likeness (QED) is 0.249. The maximum absolute atomic E-state index is 15.3. The van der Waals surface area contributed by atoms with Crippen LogP contribution in [0.25, 0.3) is 27.8 Å². The zero-order chi connectivity index (χ0) is 28.1. The van der Waals surface area contributed by atoms with E-state index in [-0.39, 0.29) is 11.4 Å². The summed E-state index contributed by atoms with van der Waals surface area (Å²) >= 11 is 0. The van der Waals surface area contributed by atoms with Crippen LogP contribution in [0.15, 0.2) is 85.5 Å². The molecule has 0 aliphatic heterocycles. The number of hydrogen-bond donors (Lipinski definition) is 0. The minimum Gasteiger partial charge on any atom is -0.206 e. The van der Waals surface area contributed by atoms with Gasteiger partial charge >= 0.3 is 0 Å². The van der Waals surface area contributed by atoms with Gasteiger partial charge in [0.05, 0.1) is 0 Å². The van der Waals surface area contributed by atoms with Gasteiger partial charge in [-0.2, -0.15) is 0 Å². The van der Waals surface area contributed by atoms with Crippen molar-refractivity contribution in [3.05, 3.63) is 114 Å². The van der Waals surface area contributed by atoms with Crippen molar-refractivity contribution >= 4 is 5.57 Å². The van der Waals surface area contributed by atoms with Crippen molar-refractivity contribution in [2.75, 3.05) is 0 Å². The highest BCUT2D eigenvalue weighted by atomic mass is 19.2. The summed E-state index contributed by atoms with van der Waals surface area (Å²) in [5.74, 6) is 0.363. The summed E-state index contributed by atoms with van der Waals surface area (Å²) in [4.78, 5) is 0. The fraction of sp³-hybridized carbons (Fsp3) is 0.351. The molecule has 208 valence electrons. The first-order chi connectivity index (χ1) is 19.5. The summed E-state index contributed by atoms with van der Waals surface area (Å²) in [6.45, 7) is 5.87. The van der Waals surface area contributed by atoms with E-state index >= 15 is 4.39 Å². The lowest BCUT2D eigenvalue weighted by atomic mass is 9.71. The fourth-order valence-electron chi connectivity index (χ4n) is 6.59. The predicted molar refractivity (Wildman–Crippen MR) is 161 cm³/mol. The fourth-order valence-corrected chi connectivity index (χ4v) is 6.59. The lowest BCUT2D eigenvalue weighted by molar-refractivity contribution is 0.212. The summed E-state index contributed by atoms with van der Waals surface area (Å²) in [7, 11) is 0. The Morgan fingerprint density at radius 1 is 0.775 bits per heavy atom. The van der Waals surface area contributed by atoms with Gasteiger partial charge in [-0.25, -0.2) is 13.2 Å². The average molecular weight is 541 g/mol. The second-order valence-corrected chi connectivity index (χ2v) is 11.5. The highest BCUT2D eigenvalue weighted by molar-refractivity contribution is 5.74. The molecule has 0 aromatic heterocycles. The molecule has 0 bridgehead atoms. The Labute approximate surface area is 237 Å². The Kier molecular flexibility index (Phi) is 9.09. The molecular weight excluding hydrogens is 501 g/mol. The molecule has 1 fully saturated rings. The van der Waals surface area contributed by atoms with Gasteiger partial charge in [-0.05, 0) is 116 Å². The van der Waals surface area contributed by atoms with Crippen LogP contribution in [0.3, 0.4) is 0 Å². The third kappa shape index (κ3) is 6.19. The Morgan fingerprint density at radius 3 is 2.12 bits per heavy atom. The number of benzene rings is 3. The first-order valence-corrected chi connectivity index (χ1v) is 14.8. The number of hydrogen-bond acceptors (Lipinski definition) is 0. The molecule has 0 heterocycles. The Bertz CT molecular complexity index is 1390. The monoisotopic (exact) mass is 540 g/mol. The van der Waals surface area contributed by atoms with E-state index in [0.717, 1.165) is 41.9 Å². The molecule has 2 aliphatic carbocycles. The van der Waals surface area contributed by atoms with Gasteiger partial charge in [0.2, 0.25) is 0 Å². The molecule has 0 N–H and O–H groups in total. The second-order valence-electron chi connectivity index (χ2n) is 11.5. The molecule has 0 amide bonds. The molecule has 0 nitrogen and oxygen atoms in total. The maximum atomic E-state index is 15.3. The number of halogens is 3. The topological polar surface area (TPSA) is 0 Å². The van der Waals surface area contributed by atoms with Gasteiger partial charge in [-0.15, -0.1) is 6.58 Å². The molecular formula is C37H39F3. The number of allylic oxidation sites excluding steroid dienone is 5. The van der Waals surface area contributed by atoms with Gasteiger partial charge in [0.1, 0.15) is 5.82 Å². The summed E-state index contributed by atoms with van der Waals surface area (Å²) in [6, 6.07) is 16.0. The highest BCUT2D eigenvalue weighted by Crippen LogP contribution is 2.42. The van der Waals surface area contributed by atoms with Gasteiger partial charge in [-0.1, -0.05) is 72.8 Å². The van der Waals surface area contributed by atoms with Crippen molar-refractivity contribution in [1.82, 2.24) is 0 Å². The molecule has 3 aromatic rings. The number of rotatable bonds is 8. The van der Waals surface area contributed by atoms with Crippen molar-refractivity contribution in [3.8, 4) is 22.3 Å². The Balaban J connectivity index is 1.26. The van der Waals surface area contributed by atoms with Gasteiger partial charge in [0.25, 0.3) is 0 Å². The van der Waals surface area contributed by atoms with Crippen LogP contribution in [-0.2, 0) is 6.42 Å².